The van der Waals surface area contributed by atoms with Crippen molar-refractivity contribution in [2.45, 2.75) is 44.8 Å². The molecule has 2 atom stereocenters. The second kappa shape index (κ2) is 13.8. The SMILES string of the molecule is CC(C)=CCC(NC(=O)OCC1c2ccccc2-c2ccccc21)C(=O)NC(CN(C)Cc1ccccc1)C(=O)O. The van der Waals surface area contributed by atoms with E-state index in [0.29, 0.717) is 6.54 Å². The zero-order valence-corrected chi connectivity index (χ0v) is 23.7. The molecule has 0 radical (unpaired) electrons. The summed E-state index contributed by atoms with van der Waals surface area (Å²) < 4.78 is 5.64. The standard InChI is InChI=1S/C33H37N3O5/c1-22(2)17-18-29(31(37)34-30(32(38)39)20-36(3)19-23-11-5-4-6-12-23)35-33(40)41-21-28-26-15-9-7-13-24(26)25-14-8-10-16-27(25)28/h4-17,28-30H,18-21H2,1-3H3,(H,34,37)(H,35,40)(H,38,39). The van der Waals surface area contributed by atoms with Gasteiger partial charge in [0.2, 0.25) is 5.91 Å². The average molecular weight is 556 g/mol. The number of carbonyl (C=O) groups excluding carboxylic acids is 2. The van der Waals surface area contributed by atoms with E-state index in [1.54, 1.807) is 7.05 Å². The van der Waals surface area contributed by atoms with Gasteiger partial charge in [0.25, 0.3) is 0 Å². The number of amides is 2. The molecular weight excluding hydrogens is 518 g/mol. The topological polar surface area (TPSA) is 108 Å². The van der Waals surface area contributed by atoms with Crippen LogP contribution in [0.4, 0.5) is 4.79 Å². The molecule has 41 heavy (non-hydrogen) atoms. The molecule has 0 fully saturated rings. The van der Waals surface area contributed by atoms with E-state index >= 15 is 0 Å². The van der Waals surface area contributed by atoms with Crippen LogP contribution in [0.25, 0.3) is 11.1 Å². The van der Waals surface area contributed by atoms with Gasteiger partial charge in [0, 0.05) is 19.0 Å². The van der Waals surface area contributed by atoms with Crippen LogP contribution in [0.2, 0.25) is 0 Å². The van der Waals surface area contributed by atoms with Crippen LogP contribution in [0.1, 0.15) is 42.9 Å². The minimum absolute atomic E-state index is 0.0935. The summed E-state index contributed by atoms with van der Waals surface area (Å²) in [5.41, 5.74) is 6.41. The predicted octanol–water partition coefficient (Wildman–Crippen LogP) is 4.95. The molecule has 0 spiro atoms. The summed E-state index contributed by atoms with van der Waals surface area (Å²) in [7, 11) is 1.80. The van der Waals surface area contributed by atoms with Crippen molar-refractivity contribution in [3.8, 4) is 11.1 Å². The van der Waals surface area contributed by atoms with Gasteiger partial charge < -0.3 is 20.5 Å². The van der Waals surface area contributed by atoms with Gasteiger partial charge >= 0.3 is 12.1 Å². The summed E-state index contributed by atoms with van der Waals surface area (Å²) in [5, 5.41) is 15.1. The van der Waals surface area contributed by atoms with Crippen LogP contribution in [0.5, 0.6) is 0 Å². The van der Waals surface area contributed by atoms with E-state index in [2.05, 4.69) is 22.8 Å². The third-order valence-corrected chi connectivity index (χ3v) is 7.12. The molecule has 214 valence electrons. The molecule has 3 N–H and O–H groups in total. The van der Waals surface area contributed by atoms with E-state index < -0.39 is 30.1 Å². The van der Waals surface area contributed by atoms with Crippen molar-refractivity contribution >= 4 is 18.0 Å². The lowest BCUT2D eigenvalue weighted by atomic mass is 9.98. The number of carbonyl (C=O) groups is 3. The number of ether oxygens (including phenoxy) is 1. The Kier molecular flexibility index (Phi) is 9.92. The fraction of sp³-hybridized carbons (Fsp3) is 0.303. The number of carboxylic acids is 1. The summed E-state index contributed by atoms with van der Waals surface area (Å²) in [4.78, 5) is 40.0. The first-order chi connectivity index (χ1) is 19.7. The number of aliphatic carboxylic acids is 1. The molecule has 2 unspecified atom stereocenters. The molecule has 0 aliphatic heterocycles. The smallest absolute Gasteiger partial charge is 0.407 e. The summed E-state index contributed by atoms with van der Waals surface area (Å²) >= 11 is 0. The lowest BCUT2D eigenvalue weighted by Crippen LogP contribution is -2.54. The van der Waals surface area contributed by atoms with Gasteiger partial charge in [0.15, 0.2) is 0 Å². The Morgan fingerprint density at radius 1 is 0.878 bits per heavy atom. The summed E-state index contributed by atoms with van der Waals surface area (Å²) in [6.45, 7) is 4.51. The Hall–Kier alpha value is -4.43. The minimum Gasteiger partial charge on any atom is -0.480 e. The van der Waals surface area contributed by atoms with Crippen molar-refractivity contribution in [1.29, 1.82) is 0 Å². The van der Waals surface area contributed by atoms with E-state index in [0.717, 1.165) is 33.4 Å². The molecule has 0 saturated heterocycles. The van der Waals surface area contributed by atoms with E-state index in [9.17, 15) is 19.5 Å². The van der Waals surface area contributed by atoms with Crippen LogP contribution in [0.3, 0.4) is 0 Å². The first kappa shape index (κ1) is 29.6. The first-order valence-electron chi connectivity index (χ1n) is 13.7. The van der Waals surface area contributed by atoms with Crippen LogP contribution in [-0.2, 0) is 20.9 Å². The minimum atomic E-state index is -1.16. The quantitative estimate of drug-likeness (QED) is 0.273. The molecule has 8 heteroatoms. The summed E-state index contributed by atoms with van der Waals surface area (Å²) in [6, 6.07) is 23.6. The number of nitrogens with one attached hydrogen (secondary N) is 2. The number of hydrogen-bond donors (Lipinski definition) is 3. The lowest BCUT2D eigenvalue weighted by Gasteiger charge is -2.25. The molecule has 1 aliphatic carbocycles. The number of nitrogens with zero attached hydrogens (tertiary/aromatic N) is 1. The lowest BCUT2D eigenvalue weighted by molar-refractivity contribution is -0.142. The molecular formula is C33H37N3O5. The molecule has 4 rings (SSSR count). The van der Waals surface area contributed by atoms with Crippen LogP contribution in [-0.4, -0.2) is 60.3 Å². The van der Waals surface area contributed by atoms with Crippen LogP contribution < -0.4 is 10.6 Å². The highest BCUT2D eigenvalue weighted by atomic mass is 16.5. The Morgan fingerprint density at radius 3 is 2.05 bits per heavy atom. The monoisotopic (exact) mass is 555 g/mol. The van der Waals surface area contributed by atoms with Gasteiger partial charge in [-0.1, -0.05) is 90.5 Å². The Morgan fingerprint density at radius 2 is 1.46 bits per heavy atom. The number of benzene rings is 3. The highest BCUT2D eigenvalue weighted by molar-refractivity contribution is 5.89. The van der Waals surface area contributed by atoms with Crippen molar-refractivity contribution in [3.05, 3.63) is 107 Å². The van der Waals surface area contributed by atoms with Crippen molar-refractivity contribution in [1.82, 2.24) is 15.5 Å². The second-order valence-corrected chi connectivity index (χ2v) is 10.6. The maximum absolute atomic E-state index is 13.2. The number of rotatable bonds is 12. The molecule has 3 aromatic carbocycles. The predicted molar refractivity (Wildman–Crippen MR) is 158 cm³/mol. The molecule has 0 bridgehead atoms. The molecule has 2 amide bonds. The molecule has 0 heterocycles. The van der Waals surface area contributed by atoms with E-state index in [4.69, 9.17) is 4.74 Å². The number of fused-ring (bicyclic) bond motifs is 3. The molecule has 3 aromatic rings. The van der Waals surface area contributed by atoms with E-state index in [1.165, 1.54) is 0 Å². The van der Waals surface area contributed by atoms with Gasteiger partial charge in [-0.2, -0.15) is 0 Å². The highest BCUT2D eigenvalue weighted by Gasteiger charge is 2.31. The van der Waals surface area contributed by atoms with Crippen molar-refractivity contribution < 1.29 is 24.2 Å². The maximum atomic E-state index is 13.2. The molecule has 0 aromatic heterocycles. The fourth-order valence-electron chi connectivity index (χ4n) is 5.10. The Bertz CT molecular complexity index is 1360. The van der Waals surface area contributed by atoms with Gasteiger partial charge in [-0.25, -0.2) is 9.59 Å². The van der Waals surface area contributed by atoms with Gasteiger partial charge in [-0.3, -0.25) is 9.69 Å². The number of hydrogen-bond acceptors (Lipinski definition) is 5. The summed E-state index contributed by atoms with van der Waals surface area (Å²) in [6.07, 6.45) is 1.29. The fourth-order valence-corrected chi connectivity index (χ4v) is 5.10. The molecule has 8 nitrogen and oxygen atoms in total. The molecule has 0 saturated carbocycles. The van der Waals surface area contributed by atoms with Crippen LogP contribution in [0, 0.1) is 0 Å². The van der Waals surface area contributed by atoms with Crippen molar-refractivity contribution in [3.63, 3.8) is 0 Å². The average Bonchev–Trinajstić information content (AvgIpc) is 3.27. The second-order valence-electron chi connectivity index (χ2n) is 10.6. The number of alkyl carbamates (subject to hydrolysis) is 1. The zero-order valence-electron chi connectivity index (χ0n) is 23.7. The van der Waals surface area contributed by atoms with Crippen molar-refractivity contribution in [2.24, 2.45) is 0 Å². The zero-order chi connectivity index (χ0) is 29.4. The van der Waals surface area contributed by atoms with E-state index in [-0.39, 0.29) is 25.5 Å². The Labute approximate surface area is 241 Å². The van der Waals surface area contributed by atoms with Gasteiger partial charge in [0.1, 0.15) is 18.7 Å². The number of likely N-dealkylation sites (N-methyl/N-ethyl adjacent to an activating group) is 1. The Balaban J connectivity index is 1.39. The summed E-state index contributed by atoms with van der Waals surface area (Å²) in [5.74, 6) is -1.85. The van der Waals surface area contributed by atoms with E-state index in [1.807, 2.05) is 91.6 Å². The van der Waals surface area contributed by atoms with Gasteiger partial charge in [0.05, 0.1) is 0 Å². The van der Waals surface area contributed by atoms with Gasteiger partial charge in [-0.15, -0.1) is 0 Å². The number of allylic oxidation sites excluding steroid dienone is 1. The largest absolute Gasteiger partial charge is 0.480 e. The van der Waals surface area contributed by atoms with Crippen molar-refractivity contribution in [2.75, 3.05) is 20.2 Å². The third-order valence-electron chi connectivity index (χ3n) is 7.12. The molecule has 1 aliphatic rings. The third kappa shape index (κ3) is 7.83. The number of carboxylic acid groups (broad SMARTS) is 1. The first-order valence-corrected chi connectivity index (χ1v) is 13.7. The maximum Gasteiger partial charge on any atom is 0.407 e. The van der Waals surface area contributed by atoms with Gasteiger partial charge in [-0.05, 0) is 55.1 Å². The normalized spacial score (nSPS) is 13.5. The van der Waals surface area contributed by atoms with Crippen LogP contribution >= 0.6 is 0 Å². The van der Waals surface area contributed by atoms with Crippen LogP contribution in [0.15, 0.2) is 90.5 Å². The highest BCUT2D eigenvalue weighted by Crippen LogP contribution is 2.44.